The van der Waals surface area contributed by atoms with Crippen LogP contribution >= 0.6 is 11.8 Å². The Labute approximate surface area is 102 Å². The van der Waals surface area contributed by atoms with Crippen LogP contribution in [0.15, 0.2) is 29.2 Å². The molecule has 0 bridgehead atoms. The minimum Gasteiger partial charge on any atom is -0.487 e. The molecule has 1 aliphatic rings. The summed E-state index contributed by atoms with van der Waals surface area (Å²) in [6.45, 7) is 4.31. The predicted octanol–water partition coefficient (Wildman–Crippen LogP) is 2.93. The third-order valence-corrected chi connectivity index (χ3v) is 3.83. The molecule has 1 heterocycles. The molecule has 1 saturated heterocycles. The topological polar surface area (TPSA) is 21.3 Å². The van der Waals surface area contributed by atoms with Crippen molar-refractivity contribution >= 4 is 11.8 Å². The lowest BCUT2D eigenvalue weighted by Gasteiger charge is -2.34. The number of hydrogen-bond donors (Lipinski definition) is 1. The first-order valence-electron chi connectivity index (χ1n) is 5.76. The summed E-state index contributed by atoms with van der Waals surface area (Å²) in [4.78, 5) is 1.28. The second-order valence-corrected chi connectivity index (χ2v) is 5.36. The molecule has 16 heavy (non-hydrogen) atoms. The number of ether oxygens (including phenoxy) is 1. The first-order valence-corrected chi connectivity index (χ1v) is 6.98. The fourth-order valence-electron chi connectivity index (χ4n) is 1.99. The minimum atomic E-state index is 0.00608. The lowest BCUT2D eigenvalue weighted by molar-refractivity contribution is 0.0555. The number of benzene rings is 1. The second kappa shape index (κ2) is 5.11. The fourth-order valence-corrected chi connectivity index (χ4v) is 2.39. The van der Waals surface area contributed by atoms with Gasteiger partial charge >= 0.3 is 0 Å². The van der Waals surface area contributed by atoms with Gasteiger partial charge in [-0.15, -0.1) is 11.8 Å². The zero-order chi connectivity index (χ0) is 11.4. The highest BCUT2D eigenvalue weighted by Gasteiger charge is 2.28. The molecule has 0 amide bonds. The molecule has 1 fully saturated rings. The summed E-state index contributed by atoms with van der Waals surface area (Å²) >= 11 is 1.76. The molecule has 0 radical (unpaired) electrons. The van der Waals surface area contributed by atoms with Gasteiger partial charge in [0.1, 0.15) is 11.4 Å². The molecule has 1 aromatic carbocycles. The van der Waals surface area contributed by atoms with Gasteiger partial charge < -0.3 is 10.1 Å². The van der Waals surface area contributed by atoms with Crippen molar-refractivity contribution in [1.29, 1.82) is 0 Å². The van der Waals surface area contributed by atoms with Gasteiger partial charge in [-0.3, -0.25) is 0 Å². The third kappa shape index (κ3) is 2.92. The summed E-state index contributed by atoms with van der Waals surface area (Å²) in [7, 11) is 0. The van der Waals surface area contributed by atoms with E-state index in [1.165, 1.54) is 4.90 Å². The Hall–Kier alpha value is -0.670. The van der Waals surface area contributed by atoms with Crippen molar-refractivity contribution in [1.82, 2.24) is 5.32 Å². The van der Waals surface area contributed by atoms with E-state index in [4.69, 9.17) is 4.74 Å². The molecule has 0 spiro atoms. The highest BCUT2D eigenvalue weighted by molar-refractivity contribution is 7.98. The Morgan fingerprint density at radius 3 is 2.38 bits per heavy atom. The standard InChI is InChI=1S/C13H19NOS/c1-13(7-9-14-10-8-13)15-11-3-5-12(16-2)6-4-11/h3-6,14H,7-10H2,1-2H3. The maximum Gasteiger partial charge on any atom is 0.120 e. The van der Waals surface area contributed by atoms with E-state index >= 15 is 0 Å². The molecule has 2 rings (SSSR count). The summed E-state index contributed by atoms with van der Waals surface area (Å²) in [6, 6.07) is 8.37. The predicted molar refractivity (Wildman–Crippen MR) is 69.4 cm³/mol. The fraction of sp³-hybridized carbons (Fsp3) is 0.538. The molecule has 1 aliphatic heterocycles. The maximum absolute atomic E-state index is 6.09. The lowest BCUT2D eigenvalue weighted by Crippen LogP contribution is -2.43. The van der Waals surface area contributed by atoms with Crippen molar-refractivity contribution < 1.29 is 4.74 Å². The lowest BCUT2D eigenvalue weighted by atomic mass is 9.94. The molecule has 0 atom stereocenters. The Kier molecular flexibility index (Phi) is 3.77. The number of rotatable bonds is 3. The second-order valence-electron chi connectivity index (χ2n) is 4.48. The van der Waals surface area contributed by atoms with E-state index in [0.29, 0.717) is 0 Å². The molecule has 0 saturated carbocycles. The molecule has 1 N–H and O–H groups in total. The highest BCUT2D eigenvalue weighted by atomic mass is 32.2. The maximum atomic E-state index is 6.09. The Bertz CT molecular complexity index is 330. The van der Waals surface area contributed by atoms with Crippen molar-refractivity contribution in [3.05, 3.63) is 24.3 Å². The van der Waals surface area contributed by atoms with E-state index < -0.39 is 0 Å². The van der Waals surface area contributed by atoms with Crippen LogP contribution in [0.2, 0.25) is 0 Å². The third-order valence-electron chi connectivity index (χ3n) is 3.08. The molecule has 3 heteroatoms. The van der Waals surface area contributed by atoms with Crippen molar-refractivity contribution in [2.75, 3.05) is 19.3 Å². The van der Waals surface area contributed by atoms with Crippen LogP contribution in [0, 0.1) is 0 Å². The zero-order valence-electron chi connectivity index (χ0n) is 9.95. The van der Waals surface area contributed by atoms with Crippen molar-refractivity contribution in [2.45, 2.75) is 30.3 Å². The van der Waals surface area contributed by atoms with E-state index in [-0.39, 0.29) is 5.60 Å². The first-order chi connectivity index (χ1) is 7.72. The van der Waals surface area contributed by atoms with Crippen LogP contribution in [0.3, 0.4) is 0 Å². The van der Waals surface area contributed by atoms with E-state index in [1.54, 1.807) is 11.8 Å². The van der Waals surface area contributed by atoms with Gasteiger partial charge in [-0.1, -0.05) is 0 Å². The van der Waals surface area contributed by atoms with E-state index in [1.807, 2.05) is 0 Å². The normalized spacial score (nSPS) is 19.4. The molecule has 0 aromatic heterocycles. The van der Waals surface area contributed by atoms with Gasteiger partial charge in [-0.05, 0) is 63.4 Å². The summed E-state index contributed by atoms with van der Waals surface area (Å²) in [5.41, 5.74) is 0.00608. The molecule has 88 valence electrons. The van der Waals surface area contributed by atoms with Gasteiger partial charge in [0, 0.05) is 4.90 Å². The van der Waals surface area contributed by atoms with Crippen LogP contribution in [0.25, 0.3) is 0 Å². The summed E-state index contributed by atoms with van der Waals surface area (Å²) in [6.07, 6.45) is 4.25. The number of hydrogen-bond acceptors (Lipinski definition) is 3. The molecular weight excluding hydrogens is 218 g/mol. The van der Waals surface area contributed by atoms with E-state index in [0.717, 1.165) is 31.7 Å². The number of nitrogens with one attached hydrogen (secondary N) is 1. The first kappa shape index (κ1) is 11.8. The SMILES string of the molecule is CSc1ccc(OC2(C)CCNCC2)cc1. The van der Waals surface area contributed by atoms with Crippen LogP contribution in [0.4, 0.5) is 0 Å². The van der Waals surface area contributed by atoms with E-state index in [2.05, 4.69) is 42.8 Å². The van der Waals surface area contributed by atoms with Crippen LogP contribution in [-0.4, -0.2) is 24.9 Å². The van der Waals surface area contributed by atoms with Gasteiger partial charge in [-0.2, -0.15) is 0 Å². The minimum absolute atomic E-state index is 0.00608. The summed E-state index contributed by atoms with van der Waals surface area (Å²) < 4.78 is 6.09. The largest absolute Gasteiger partial charge is 0.487 e. The van der Waals surface area contributed by atoms with Gasteiger partial charge in [0.2, 0.25) is 0 Å². The molecule has 1 aromatic rings. The Balaban J connectivity index is 2.01. The molecule has 0 unspecified atom stereocenters. The summed E-state index contributed by atoms with van der Waals surface area (Å²) in [5, 5.41) is 3.36. The number of piperidine rings is 1. The average Bonchev–Trinajstić information content (AvgIpc) is 2.30. The van der Waals surface area contributed by atoms with Crippen LogP contribution in [-0.2, 0) is 0 Å². The van der Waals surface area contributed by atoms with Gasteiger partial charge in [0.05, 0.1) is 0 Å². The Morgan fingerprint density at radius 1 is 1.19 bits per heavy atom. The van der Waals surface area contributed by atoms with Gasteiger partial charge in [0.15, 0.2) is 0 Å². The summed E-state index contributed by atoms with van der Waals surface area (Å²) in [5.74, 6) is 0.988. The van der Waals surface area contributed by atoms with Crippen molar-refractivity contribution in [3.8, 4) is 5.75 Å². The van der Waals surface area contributed by atoms with Crippen molar-refractivity contribution in [3.63, 3.8) is 0 Å². The van der Waals surface area contributed by atoms with Crippen molar-refractivity contribution in [2.24, 2.45) is 0 Å². The van der Waals surface area contributed by atoms with Gasteiger partial charge in [-0.25, -0.2) is 0 Å². The van der Waals surface area contributed by atoms with Gasteiger partial charge in [0.25, 0.3) is 0 Å². The monoisotopic (exact) mass is 237 g/mol. The number of thioether (sulfide) groups is 1. The molecular formula is C13H19NOS. The molecule has 0 aliphatic carbocycles. The molecule has 2 nitrogen and oxygen atoms in total. The van der Waals surface area contributed by atoms with Crippen LogP contribution in [0.1, 0.15) is 19.8 Å². The van der Waals surface area contributed by atoms with Crippen LogP contribution < -0.4 is 10.1 Å². The quantitative estimate of drug-likeness (QED) is 0.817. The van der Waals surface area contributed by atoms with Crippen LogP contribution in [0.5, 0.6) is 5.75 Å². The van der Waals surface area contributed by atoms with E-state index in [9.17, 15) is 0 Å². The average molecular weight is 237 g/mol. The highest BCUT2D eigenvalue weighted by Crippen LogP contribution is 2.27. The Morgan fingerprint density at radius 2 is 1.81 bits per heavy atom. The smallest absolute Gasteiger partial charge is 0.120 e. The zero-order valence-corrected chi connectivity index (χ0v) is 10.8.